The number of anilines is 1. The van der Waals surface area contributed by atoms with Crippen LogP contribution in [0.3, 0.4) is 0 Å². The largest absolute Gasteiger partial charge is 0.398 e. The van der Waals surface area contributed by atoms with Gasteiger partial charge in [-0.3, -0.25) is 4.98 Å². The monoisotopic (exact) mass is 286 g/mol. The molecule has 0 amide bonds. The Hall–Kier alpha value is -1.87. The molecular formula is C17H22N2S. The van der Waals surface area contributed by atoms with Crippen molar-refractivity contribution in [3.63, 3.8) is 0 Å². The molecule has 0 spiro atoms. The summed E-state index contributed by atoms with van der Waals surface area (Å²) < 4.78 is 0. The molecular weight excluding hydrogens is 264 g/mol. The van der Waals surface area contributed by atoms with Crippen molar-refractivity contribution in [2.24, 2.45) is 0 Å². The van der Waals surface area contributed by atoms with E-state index in [1.807, 2.05) is 57.6 Å². The molecule has 2 N–H and O–H groups in total. The predicted molar refractivity (Wildman–Crippen MR) is 92.2 cm³/mol. The summed E-state index contributed by atoms with van der Waals surface area (Å²) >= 11 is 1.61. The number of aromatic nitrogens is 1. The molecule has 0 radical (unpaired) electrons. The van der Waals surface area contributed by atoms with Crippen molar-refractivity contribution in [2.45, 2.75) is 27.7 Å². The molecule has 0 atom stereocenters. The molecule has 3 heteroatoms. The minimum atomic E-state index is 0.808. The maximum Gasteiger partial charge on any atom is 0.0797 e. The Morgan fingerprint density at radius 1 is 0.950 bits per heavy atom. The molecule has 2 nitrogen and oxygen atoms in total. The minimum Gasteiger partial charge on any atom is -0.398 e. The molecule has 1 aromatic heterocycles. The van der Waals surface area contributed by atoms with Crippen molar-refractivity contribution >= 4 is 27.8 Å². The number of nitrogens with zero attached hydrogens (tertiary/aromatic N) is 1. The summed E-state index contributed by atoms with van der Waals surface area (Å²) in [6.45, 7) is 8.00. The zero-order valence-corrected chi connectivity index (χ0v) is 13.4. The smallest absolute Gasteiger partial charge is 0.0797 e. The highest BCUT2D eigenvalue weighted by Crippen LogP contribution is 2.32. The molecule has 20 heavy (non-hydrogen) atoms. The molecule has 0 saturated heterocycles. The number of hydrogen-bond donors (Lipinski definition) is 1. The van der Waals surface area contributed by atoms with E-state index in [4.69, 9.17) is 5.73 Å². The minimum absolute atomic E-state index is 0.808. The molecule has 1 heterocycles. The standard InChI is InChI=1S/C13H10N2S.2C2H6/c14-12-6-10-4-2-1-3-9(10)5-11(12)13-7-15-8-16-13;2*1-2/h1-8H,14H2;2*1-2H3. The van der Waals surface area contributed by atoms with E-state index < -0.39 is 0 Å². The van der Waals surface area contributed by atoms with Gasteiger partial charge < -0.3 is 5.73 Å². The van der Waals surface area contributed by atoms with Crippen LogP contribution in [0.1, 0.15) is 27.7 Å². The Balaban J connectivity index is 0.000000461. The number of thiazole rings is 1. The lowest BCUT2D eigenvalue weighted by Gasteiger charge is -2.05. The van der Waals surface area contributed by atoms with Crippen molar-refractivity contribution < 1.29 is 0 Å². The zero-order valence-electron chi connectivity index (χ0n) is 12.6. The van der Waals surface area contributed by atoms with Gasteiger partial charge in [-0.1, -0.05) is 52.0 Å². The molecule has 0 aliphatic rings. The first-order valence-corrected chi connectivity index (χ1v) is 7.90. The van der Waals surface area contributed by atoms with Crippen molar-refractivity contribution in [3.05, 3.63) is 48.1 Å². The van der Waals surface area contributed by atoms with Crippen LogP contribution in [-0.4, -0.2) is 4.98 Å². The Bertz CT molecular complexity index is 631. The summed E-state index contributed by atoms with van der Waals surface area (Å²) in [6, 6.07) is 12.4. The van der Waals surface area contributed by atoms with Crippen LogP contribution < -0.4 is 5.73 Å². The first-order valence-electron chi connectivity index (χ1n) is 7.02. The molecule has 3 rings (SSSR count). The maximum atomic E-state index is 6.06. The van der Waals surface area contributed by atoms with Gasteiger partial charge in [0.05, 0.1) is 10.4 Å². The van der Waals surface area contributed by atoms with Crippen molar-refractivity contribution in [1.82, 2.24) is 4.98 Å². The summed E-state index contributed by atoms with van der Waals surface area (Å²) in [5, 5.41) is 2.38. The average Bonchev–Trinajstić information content (AvgIpc) is 3.05. The Kier molecular flexibility index (Phi) is 6.74. The second-order valence-electron chi connectivity index (χ2n) is 3.65. The molecule has 0 saturated carbocycles. The topological polar surface area (TPSA) is 38.9 Å². The lowest BCUT2D eigenvalue weighted by molar-refractivity contribution is 1.42. The van der Waals surface area contributed by atoms with E-state index in [0.29, 0.717) is 0 Å². The van der Waals surface area contributed by atoms with Gasteiger partial charge in [0.1, 0.15) is 0 Å². The maximum absolute atomic E-state index is 6.06. The molecule has 2 aromatic carbocycles. The third kappa shape index (κ3) is 3.58. The number of benzene rings is 2. The number of rotatable bonds is 1. The molecule has 106 valence electrons. The summed E-state index contributed by atoms with van der Waals surface area (Å²) in [4.78, 5) is 5.20. The fraction of sp³-hybridized carbons (Fsp3) is 0.235. The highest BCUT2D eigenvalue weighted by Gasteiger charge is 2.05. The Morgan fingerprint density at radius 2 is 1.55 bits per heavy atom. The Labute approximate surface area is 125 Å². The fourth-order valence-electron chi connectivity index (χ4n) is 1.82. The van der Waals surface area contributed by atoms with Gasteiger partial charge in [0.15, 0.2) is 0 Å². The second kappa shape index (κ2) is 8.33. The van der Waals surface area contributed by atoms with Crippen LogP contribution in [0.4, 0.5) is 5.69 Å². The third-order valence-corrected chi connectivity index (χ3v) is 3.42. The lowest BCUT2D eigenvalue weighted by Crippen LogP contribution is -1.89. The number of nitrogen functional groups attached to an aromatic ring is 1. The van der Waals surface area contributed by atoms with Crippen LogP contribution in [0.2, 0.25) is 0 Å². The number of hydrogen-bond acceptors (Lipinski definition) is 3. The third-order valence-electron chi connectivity index (χ3n) is 2.62. The summed E-state index contributed by atoms with van der Waals surface area (Å²) in [6.07, 6.45) is 1.85. The van der Waals surface area contributed by atoms with E-state index in [-0.39, 0.29) is 0 Å². The predicted octanol–water partition coefficient (Wildman–Crippen LogP) is 5.60. The molecule has 0 aliphatic heterocycles. The summed E-state index contributed by atoms with van der Waals surface area (Å²) in [7, 11) is 0. The lowest BCUT2D eigenvalue weighted by atomic mass is 10.0. The van der Waals surface area contributed by atoms with Crippen molar-refractivity contribution in [2.75, 3.05) is 5.73 Å². The molecule has 0 bridgehead atoms. The molecule has 0 aliphatic carbocycles. The van der Waals surface area contributed by atoms with E-state index in [1.165, 1.54) is 10.8 Å². The normalized spacial score (nSPS) is 9.20. The molecule has 0 fully saturated rings. The van der Waals surface area contributed by atoms with Gasteiger partial charge >= 0.3 is 0 Å². The quantitative estimate of drug-likeness (QED) is 0.591. The highest BCUT2D eigenvalue weighted by molar-refractivity contribution is 7.13. The van der Waals surface area contributed by atoms with E-state index in [1.54, 1.807) is 11.3 Å². The zero-order chi connectivity index (χ0) is 15.0. The van der Waals surface area contributed by atoms with Crippen LogP contribution >= 0.6 is 11.3 Å². The van der Waals surface area contributed by atoms with Crippen molar-refractivity contribution in [3.8, 4) is 10.4 Å². The molecule has 0 unspecified atom stereocenters. The van der Waals surface area contributed by atoms with Gasteiger partial charge in [-0.25, -0.2) is 0 Å². The first kappa shape index (κ1) is 16.2. The first-order chi connectivity index (χ1) is 9.84. The van der Waals surface area contributed by atoms with Gasteiger partial charge in [0, 0.05) is 17.4 Å². The summed E-state index contributed by atoms with van der Waals surface area (Å²) in [5.74, 6) is 0. The van der Waals surface area contributed by atoms with Gasteiger partial charge in [-0.15, -0.1) is 11.3 Å². The van der Waals surface area contributed by atoms with Gasteiger partial charge in [0.25, 0.3) is 0 Å². The number of nitrogens with two attached hydrogens (primary N) is 1. The summed E-state index contributed by atoms with van der Waals surface area (Å²) in [5.41, 5.74) is 9.76. The molecule has 3 aromatic rings. The number of fused-ring (bicyclic) bond motifs is 1. The van der Waals surface area contributed by atoms with Gasteiger partial charge in [0.2, 0.25) is 0 Å². The van der Waals surface area contributed by atoms with E-state index in [2.05, 4.69) is 23.2 Å². The van der Waals surface area contributed by atoms with Crippen LogP contribution in [-0.2, 0) is 0 Å². The fourth-order valence-corrected chi connectivity index (χ4v) is 2.48. The van der Waals surface area contributed by atoms with Crippen molar-refractivity contribution in [1.29, 1.82) is 0 Å². The van der Waals surface area contributed by atoms with Crippen LogP contribution in [0.5, 0.6) is 0 Å². The van der Waals surface area contributed by atoms with Gasteiger partial charge in [-0.05, 0) is 22.9 Å². The SMILES string of the molecule is CC.CC.Nc1cc2ccccc2cc1-c1cncs1. The van der Waals surface area contributed by atoms with Crippen LogP contribution in [0.15, 0.2) is 48.1 Å². The second-order valence-corrected chi connectivity index (χ2v) is 4.54. The van der Waals surface area contributed by atoms with E-state index >= 15 is 0 Å². The Morgan fingerprint density at radius 3 is 2.10 bits per heavy atom. The van der Waals surface area contributed by atoms with Gasteiger partial charge in [-0.2, -0.15) is 0 Å². The average molecular weight is 286 g/mol. The van der Waals surface area contributed by atoms with Crippen LogP contribution in [0, 0.1) is 0 Å². The van der Waals surface area contributed by atoms with E-state index in [9.17, 15) is 0 Å². The van der Waals surface area contributed by atoms with Crippen LogP contribution in [0.25, 0.3) is 21.2 Å². The highest BCUT2D eigenvalue weighted by atomic mass is 32.1. The van der Waals surface area contributed by atoms with E-state index in [0.717, 1.165) is 16.1 Å².